The molecule has 1 N–H and O–H groups in total. The Kier molecular flexibility index (Phi) is 6.33. The van der Waals surface area contributed by atoms with Crippen molar-refractivity contribution < 1.29 is 14.0 Å². The number of benzene rings is 1. The SMILES string of the molecule is CCc1ccccc1N(C(=O)c1ccco1)[C@H](C(=O)NC1CCCC1)c1cccs1. The molecule has 0 radical (unpaired) electrons. The van der Waals surface area contributed by atoms with Crippen molar-refractivity contribution in [2.24, 2.45) is 0 Å². The van der Waals surface area contributed by atoms with Crippen LogP contribution in [0, 0.1) is 0 Å². The van der Waals surface area contributed by atoms with Crippen LogP contribution in [0.25, 0.3) is 0 Å². The van der Waals surface area contributed by atoms with E-state index >= 15 is 0 Å². The van der Waals surface area contributed by atoms with Gasteiger partial charge in [-0.25, -0.2) is 0 Å². The standard InChI is InChI=1S/C24H26N2O3S/c1-2-17-9-3-6-12-19(17)26(24(28)20-13-7-15-29-20)22(21-14-8-16-30-21)23(27)25-18-10-4-5-11-18/h3,6-9,12-16,18,22H,2,4-5,10-11H2,1H3,(H,25,27)/t22-/m0/s1. The first-order valence-corrected chi connectivity index (χ1v) is 11.4. The number of amides is 2. The second-order valence-corrected chi connectivity index (χ2v) is 8.52. The highest BCUT2D eigenvalue weighted by atomic mass is 32.1. The van der Waals surface area contributed by atoms with Gasteiger partial charge in [-0.05, 0) is 54.5 Å². The maximum absolute atomic E-state index is 13.6. The number of carbonyl (C=O) groups is 2. The molecule has 0 bridgehead atoms. The Balaban J connectivity index is 1.80. The van der Waals surface area contributed by atoms with Gasteiger partial charge in [-0.3, -0.25) is 14.5 Å². The molecule has 1 saturated carbocycles. The van der Waals surface area contributed by atoms with Gasteiger partial charge in [-0.15, -0.1) is 11.3 Å². The molecule has 1 fully saturated rings. The van der Waals surface area contributed by atoms with Crippen molar-refractivity contribution in [3.8, 4) is 0 Å². The fourth-order valence-electron chi connectivity index (χ4n) is 4.10. The molecule has 2 amide bonds. The van der Waals surface area contributed by atoms with Gasteiger partial charge in [0.1, 0.15) is 0 Å². The average Bonchev–Trinajstić information content (AvgIpc) is 3.55. The summed E-state index contributed by atoms with van der Waals surface area (Å²) in [4.78, 5) is 29.6. The monoisotopic (exact) mass is 422 g/mol. The lowest BCUT2D eigenvalue weighted by Crippen LogP contribution is -2.46. The number of aryl methyl sites for hydroxylation is 1. The molecule has 0 saturated heterocycles. The number of carbonyl (C=O) groups excluding carboxylic acids is 2. The highest BCUT2D eigenvalue weighted by Gasteiger charge is 2.37. The van der Waals surface area contributed by atoms with E-state index in [2.05, 4.69) is 5.32 Å². The van der Waals surface area contributed by atoms with E-state index in [0.717, 1.165) is 48.2 Å². The van der Waals surface area contributed by atoms with Gasteiger partial charge in [0.05, 0.1) is 6.26 Å². The summed E-state index contributed by atoms with van der Waals surface area (Å²) in [6, 6.07) is 14.3. The van der Waals surface area contributed by atoms with E-state index in [0.29, 0.717) is 0 Å². The van der Waals surface area contributed by atoms with E-state index in [-0.39, 0.29) is 23.6 Å². The molecule has 1 aromatic carbocycles. The predicted octanol–water partition coefficient (Wildman–Crippen LogP) is 5.35. The Morgan fingerprint density at radius 2 is 1.93 bits per heavy atom. The van der Waals surface area contributed by atoms with Crippen LogP contribution < -0.4 is 10.2 Å². The van der Waals surface area contributed by atoms with Gasteiger partial charge in [-0.2, -0.15) is 0 Å². The molecule has 2 heterocycles. The van der Waals surface area contributed by atoms with Gasteiger partial charge >= 0.3 is 0 Å². The van der Waals surface area contributed by atoms with E-state index in [1.807, 2.05) is 48.7 Å². The third-order valence-electron chi connectivity index (χ3n) is 5.60. The topological polar surface area (TPSA) is 62.6 Å². The van der Waals surface area contributed by atoms with Crippen molar-refractivity contribution in [2.75, 3.05) is 4.90 Å². The second kappa shape index (κ2) is 9.30. The molecule has 1 aliphatic carbocycles. The summed E-state index contributed by atoms with van der Waals surface area (Å²) >= 11 is 1.48. The largest absolute Gasteiger partial charge is 0.459 e. The van der Waals surface area contributed by atoms with Gasteiger partial charge in [-0.1, -0.05) is 44.0 Å². The zero-order chi connectivity index (χ0) is 20.9. The Morgan fingerprint density at radius 1 is 1.13 bits per heavy atom. The quantitative estimate of drug-likeness (QED) is 0.558. The van der Waals surface area contributed by atoms with Crippen LogP contribution in [0.1, 0.15) is 59.6 Å². The van der Waals surface area contributed by atoms with Crippen molar-refractivity contribution in [3.63, 3.8) is 0 Å². The number of para-hydroxylation sites is 1. The van der Waals surface area contributed by atoms with E-state index < -0.39 is 6.04 Å². The smallest absolute Gasteiger partial charge is 0.295 e. The first kappa shape index (κ1) is 20.4. The predicted molar refractivity (Wildman–Crippen MR) is 119 cm³/mol. The first-order chi connectivity index (χ1) is 14.7. The molecular weight excluding hydrogens is 396 g/mol. The molecule has 0 spiro atoms. The molecule has 3 aromatic rings. The lowest BCUT2D eigenvalue weighted by atomic mass is 10.0. The average molecular weight is 423 g/mol. The summed E-state index contributed by atoms with van der Waals surface area (Å²) in [7, 11) is 0. The minimum absolute atomic E-state index is 0.143. The van der Waals surface area contributed by atoms with Crippen LogP contribution >= 0.6 is 11.3 Å². The van der Waals surface area contributed by atoms with Crippen molar-refractivity contribution in [1.29, 1.82) is 0 Å². The summed E-state index contributed by atoms with van der Waals surface area (Å²) in [5, 5.41) is 5.14. The minimum Gasteiger partial charge on any atom is -0.459 e. The summed E-state index contributed by atoms with van der Waals surface area (Å²) in [5.41, 5.74) is 1.74. The van der Waals surface area contributed by atoms with Crippen LogP contribution in [0.2, 0.25) is 0 Å². The zero-order valence-corrected chi connectivity index (χ0v) is 17.9. The van der Waals surface area contributed by atoms with Crippen LogP contribution in [0.3, 0.4) is 0 Å². The molecular formula is C24H26N2O3S. The number of furan rings is 1. The van der Waals surface area contributed by atoms with Crippen molar-refractivity contribution >= 4 is 28.8 Å². The Hall–Kier alpha value is -2.86. The van der Waals surface area contributed by atoms with Crippen LogP contribution in [0.15, 0.2) is 64.6 Å². The van der Waals surface area contributed by atoms with Gasteiger partial charge in [0.15, 0.2) is 11.8 Å². The number of rotatable bonds is 7. The molecule has 156 valence electrons. The second-order valence-electron chi connectivity index (χ2n) is 7.54. The molecule has 5 nitrogen and oxygen atoms in total. The third kappa shape index (κ3) is 4.19. The summed E-state index contributed by atoms with van der Waals surface area (Å²) < 4.78 is 5.43. The Labute approximate surface area is 180 Å². The number of nitrogens with zero attached hydrogens (tertiary/aromatic N) is 1. The molecule has 30 heavy (non-hydrogen) atoms. The fraction of sp³-hybridized carbons (Fsp3) is 0.333. The van der Waals surface area contributed by atoms with Crippen LogP contribution in [-0.4, -0.2) is 17.9 Å². The Morgan fingerprint density at radius 3 is 2.60 bits per heavy atom. The first-order valence-electron chi connectivity index (χ1n) is 10.5. The number of anilines is 1. The Bertz CT molecular complexity index is 976. The lowest BCUT2D eigenvalue weighted by molar-refractivity contribution is -0.123. The number of hydrogen-bond acceptors (Lipinski definition) is 4. The number of thiophene rings is 1. The zero-order valence-electron chi connectivity index (χ0n) is 17.0. The van der Waals surface area contributed by atoms with Crippen molar-refractivity contribution in [3.05, 3.63) is 76.4 Å². The molecule has 6 heteroatoms. The highest BCUT2D eigenvalue weighted by molar-refractivity contribution is 7.10. The highest BCUT2D eigenvalue weighted by Crippen LogP contribution is 2.35. The molecule has 0 aliphatic heterocycles. The molecule has 0 unspecified atom stereocenters. The van der Waals surface area contributed by atoms with Gasteiger partial charge in [0, 0.05) is 16.6 Å². The summed E-state index contributed by atoms with van der Waals surface area (Å²) in [6.45, 7) is 2.05. The third-order valence-corrected chi connectivity index (χ3v) is 6.53. The maximum Gasteiger partial charge on any atom is 0.295 e. The number of nitrogens with one attached hydrogen (secondary N) is 1. The van der Waals surface area contributed by atoms with E-state index in [4.69, 9.17) is 4.42 Å². The van der Waals surface area contributed by atoms with Gasteiger partial charge < -0.3 is 9.73 Å². The van der Waals surface area contributed by atoms with Crippen molar-refractivity contribution in [2.45, 2.75) is 51.1 Å². The molecule has 1 atom stereocenters. The van der Waals surface area contributed by atoms with Crippen LogP contribution in [0.5, 0.6) is 0 Å². The molecule has 1 aliphatic rings. The van der Waals surface area contributed by atoms with E-state index in [1.165, 1.54) is 17.6 Å². The minimum atomic E-state index is -0.754. The van der Waals surface area contributed by atoms with Crippen molar-refractivity contribution in [1.82, 2.24) is 5.32 Å². The van der Waals surface area contributed by atoms with Crippen LogP contribution in [-0.2, 0) is 11.2 Å². The fourth-order valence-corrected chi connectivity index (χ4v) is 4.91. The maximum atomic E-state index is 13.6. The van der Waals surface area contributed by atoms with Gasteiger partial charge in [0.2, 0.25) is 5.91 Å². The van der Waals surface area contributed by atoms with E-state index in [9.17, 15) is 9.59 Å². The van der Waals surface area contributed by atoms with E-state index in [1.54, 1.807) is 17.0 Å². The van der Waals surface area contributed by atoms with Gasteiger partial charge in [0.25, 0.3) is 5.91 Å². The molecule has 4 rings (SSSR count). The summed E-state index contributed by atoms with van der Waals surface area (Å²) in [6.07, 6.45) is 6.46. The normalized spacial score (nSPS) is 15.1. The lowest BCUT2D eigenvalue weighted by Gasteiger charge is -2.32. The summed E-state index contributed by atoms with van der Waals surface area (Å²) in [5.74, 6) is -0.243. The molecule has 2 aromatic heterocycles. The van der Waals surface area contributed by atoms with Crippen LogP contribution in [0.4, 0.5) is 5.69 Å². The number of hydrogen-bond donors (Lipinski definition) is 1.